The van der Waals surface area contributed by atoms with E-state index in [1.807, 2.05) is 0 Å². The summed E-state index contributed by atoms with van der Waals surface area (Å²) in [5, 5.41) is 9.88. The highest BCUT2D eigenvalue weighted by molar-refractivity contribution is 5.97. The molecule has 2 heterocycles. The highest BCUT2D eigenvalue weighted by Gasteiger charge is 2.10. The lowest BCUT2D eigenvalue weighted by atomic mass is 10.1. The molecule has 0 aliphatic rings. The van der Waals surface area contributed by atoms with Crippen molar-refractivity contribution in [2.45, 2.75) is 6.92 Å². The van der Waals surface area contributed by atoms with E-state index < -0.39 is 0 Å². The Morgan fingerprint density at radius 1 is 1.33 bits per heavy atom. The van der Waals surface area contributed by atoms with Crippen molar-refractivity contribution in [3.63, 3.8) is 0 Å². The van der Waals surface area contributed by atoms with Gasteiger partial charge in [0.05, 0.1) is 0 Å². The second-order valence-electron chi connectivity index (χ2n) is 3.63. The molecule has 1 N–H and O–H groups in total. The molecule has 0 aliphatic carbocycles. The number of hydrogen-bond donors (Lipinski definition) is 1. The normalized spacial score (nSPS) is 10.7. The molecule has 0 saturated heterocycles. The first-order chi connectivity index (χ1) is 8.72. The van der Waals surface area contributed by atoms with E-state index in [-0.39, 0.29) is 17.8 Å². The average Bonchev–Trinajstić information content (AvgIpc) is 2.96. The second kappa shape index (κ2) is 3.95. The highest BCUT2D eigenvalue weighted by atomic mass is 16.4. The van der Waals surface area contributed by atoms with Crippen LogP contribution in [0.4, 0.5) is 12.0 Å². The first-order valence-corrected chi connectivity index (χ1v) is 5.17. The van der Waals surface area contributed by atoms with Crippen LogP contribution in [0.2, 0.25) is 0 Å². The predicted octanol–water partition coefficient (Wildman–Crippen LogP) is 2.16. The van der Waals surface area contributed by atoms with Crippen LogP contribution in [0, 0.1) is 0 Å². The Morgan fingerprint density at radius 2 is 2.22 bits per heavy atom. The van der Waals surface area contributed by atoms with Crippen molar-refractivity contribution >= 4 is 28.9 Å². The molecule has 0 fully saturated rings. The monoisotopic (exact) mass is 244 g/mol. The molecule has 0 unspecified atom stereocenters. The minimum absolute atomic E-state index is 0.0280. The van der Waals surface area contributed by atoms with E-state index in [0.29, 0.717) is 16.7 Å². The van der Waals surface area contributed by atoms with E-state index in [1.54, 1.807) is 18.2 Å². The van der Waals surface area contributed by atoms with Gasteiger partial charge < -0.3 is 8.83 Å². The molecule has 18 heavy (non-hydrogen) atoms. The van der Waals surface area contributed by atoms with Crippen molar-refractivity contribution in [1.82, 2.24) is 15.2 Å². The number of Topliss-reactive ketones (excluding diaryl/α,β-unsaturated/α-hetero) is 1. The summed E-state index contributed by atoms with van der Waals surface area (Å²) in [6.07, 6.45) is 1.19. The van der Waals surface area contributed by atoms with Gasteiger partial charge >= 0.3 is 12.0 Å². The molecule has 7 heteroatoms. The van der Waals surface area contributed by atoms with Gasteiger partial charge in [0.2, 0.25) is 6.39 Å². The van der Waals surface area contributed by atoms with Crippen molar-refractivity contribution in [3.8, 4) is 0 Å². The number of nitrogens with zero attached hydrogens (tertiary/aromatic N) is 3. The topological polar surface area (TPSA) is 94.1 Å². The van der Waals surface area contributed by atoms with Crippen molar-refractivity contribution in [3.05, 3.63) is 30.2 Å². The van der Waals surface area contributed by atoms with Gasteiger partial charge in [-0.05, 0) is 25.1 Å². The standard InChI is InChI=1S/C11H8N4O3/c1-6(16)7-2-3-8-9(4-7)18-10(13-8)14-11-15-12-5-17-11/h2-5H,1H3,(H,13,14,15). The number of hydrogen-bond acceptors (Lipinski definition) is 7. The molecule has 3 rings (SSSR count). The van der Waals surface area contributed by atoms with Crippen molar-refractivity contribution < 1.29 is 13.6 Å². The zero-order valence-electron chi connectivity index (χ0n) is 9.38. The maximum absolute atomic E-state index is 11.2. The summed E-state index contributed by atoms with van der Waals surface area (Å²) in [5.74, 6) is -0.0280. The quantitative estimate of drug-likeness (QED) is 0.705. The summed E-state index contributed by atoms with van der Waals surface area (Å²) in [7, 11) is 0. The Bertz CT molecular complexity index is 702. The summed E-state index contributed by atoms with van der Waals surface area (Å²) in [5.41, 5.74) is 1.73. The lowest BCUT2D eigenvalue weighted by molar-refractivity contribution is 0.101. The fourth-order valence-electron chi connectivity index (χ4n) is 1.52. The van der Waals surface area contributed by atoms with E-state index in [0.717, 1.165) is 0 Å². The zero-order valence-corrected chi connectivity index (χ0v) is 9.38. The lowest BCUT2D eigenvalue weighted by Crippen LogP contribution is -1.90. The summed E-state index contributed by atoms with van der Waals surface area (Å²) in [4.78, 5) is 15.4. The molecule has 0 radical (unpaired) electrons. The number of oxazole rings is 1. The molecule has 90 valence electrons. The minimum atomic E-state index is -0.0280. The van der Waals surface area contributed by atoms with E-state index in [4.69, 9.17) is 8.83 Å². The van der Waals surface area contributed by atoms with Crippen molar-refractivity contribution in [2.24, 2.45) is 0 Å². The Hall–Kier alpha value is -2.70. The predicted molar refractivity (Wildman–Crippen MR) is 61.6 cm³/mol. The summed E-state index contributed by atoms with van der Waals surface area (Å²) in [6.45, 7) is 1.50. The molecule has 7 nitrogen and oxygen atoms in total. The van der Waals surface area contributed by atoms with Crippen molar-refractivity contribution in [2.75, 3.05) is 5.32 Å². The molecular weight excluding hydrogens is 236 g/mol. The van der Waals surface area contributed by atoms with Gasteiger partial charge in [0.25, 0.3) is 0 Å². The Kier molecular flexibility index (Phi) is 2.30. The average molecular weight is 244 g/mol. The van der Waals surface area contributed by atoms with E-state index in [9.17, 15) is 4.79 Å². The summed E-state index contributed by atoms with van der Waals surface area (Å²) < 4.78 is 10.3. The Morgan fingerprint density at radius 3 is 2.94 bits per heavy atom. The van der Waals surface area contributed by atoms with Crippen LogP contribution in [-0.4, -0.2) is 21.0 Å². The molecule has 2 aromatic heterocycles. The summed E-state index contributed by atoms with van der Waals surface area (Å²) >= 11 is 0. The van der Waals surface area contributed by atoms with Gasteiger partial charge in [-0.1, -0.05) is 5.10 Å². The number of ketones is 1. The van der Waals surface area contributed by atoms with Gasteiger partial charge in [-0.15, -0.1) is 5.10 Å². The third-order valence-corrected chi connectivity index (χ3v) is 2.37. The van der Waals surface area contributed by atoms with Crippen LogP contribution in [0.5, 0.6) is 0 Å². The number of aromatic nitrogens is 3. The van der Waals surface area contributed by atoms with Gasteiger partial charge in [-0.3, -0.25) is 10.1 Å². The first kappa shape index (κ1) is 10.5. The molecule has 0 aliphatic heterocycles. The number of benzene rings is 1. The minimum Gasteiger partial charge on any atom is -0.423 e. The van der Waals surface area contributed by atoms with Gasteiger partial charge in [0.1, 0.15) is 5.52 Å². The van der Waals surface area contributed by atoms with Crippen LogP contribution in [0.25, 0.3) is 11.1 Å². The largest absolute Gasteiger partial charge is 0.423 e. The second-order valence-corrected chi connectivity index (χ2v) is 3.63. The molecule has 0 amide bonds. The van der Waals surface area contributed by atoms with E-state index >= 15 is 0 Å². The Balaban J connectivity index is 1.98. The van der Waals surface area contributed by atoms with Gasteiger partial charge in [-0.25, -0.2) is 0 Å². The van der Waals surface area contributed by atoms with Crippen LogP contribution in [0.3, 0.4) is 0 Å². The maximum Gasteiger partial charge on any atom is 0.323 e. The SMILES string of the molecule is CC(=O)c1ccc2nc(Nc3nnco3)oc2c1. The number of rotatable bonds is 3. The zero-order chi connectivity index (χ0) is 12.5. The lowest BCUT2D eigenvalue weighted by Gasteiger charge is -1.92. The van der Waals surface area contributed by atoms with Crippen LogP contribution >= 0.6 is 0 Å². The van der Waals surface area contributed by atoms with Gasteiger partial charge in [0.15, 0.2) is 11.4 Å². The van der Waals surface area contributed by atoms with Crippen LogP contribution < -0.4 is 5.32 Å². The maximum atomic E-state index is 11.2. The molecule has 1 aromatic carbocycles. The van der Waals surface area contributed by atoms with Crippen LogP contribution in [0.1, 0.15) is 17.3 Å². The molecule has 0 bridgehead atoms. The Labute approximate surface area is 101 Å². The van der Waals surface area contributed by atoms with E-state index in [2.05, 4.69) is 20.5 Å². The van der Waals surface area contributed by atoms with E-state index in [1.165, 1.54) is 13.3 Å². The third kappa shape index (κ3) is 1.81. The summed E-state index contributed by atoms with van der Waals surface area (Å²) in [6, 6.07) is 5.48. The number of fused-ring (bicyclic) bond motifs is 1. The number of carbonyl (C=O) groups excluding carboxylic acids is 1. The molecule has 0 atom stereocenters. The fourth-order valence-corrected chi connectivity index (χ4v) is 1.52. The molecular formula is C11H8N4O3. The van der Waals surface area contributed by atoms with Gasteiger partial charge in [-0.2, -0.15) is 4.98 Å². The molecule has 0 spiro atoms. The third-order valence-electron chi connectivity index (χ3n) is 2.37. The number of anilines is 2. The smallest absolute Gasteiger partial charge is 0.323 e. The number of carbonyl (C=O) groups is 1. The van der Waals surface area contributed by atoms with Crippen molar-refractivity contribution in [1.29, 1.82) is 0 Å². The highest BCUT2D eigenvalue weighted by Crippen LogP contribution is 2.22. The van der Waals surface area contributed by atoms with Gasteiger partial charge in [0, 0.05) is 5.56 Å². The first-order valence-electron chi connectivity index (χ1n) is 5.17. The van der Waals surface area contributed by atoms with Crippen LogP contribution in [0.15, 0.2) is 33.4 Å². The molecule has 0 saturated carbocycles. The molecule has 3 aromatic rings. The fraction of sp³-hybridized carbons (Fsp3) is 0.0909. The van der Waals surface area contributed by atoms with Crippen LogP contribution in [-0.2, 0) is 0 Å². The number of nitrogens with one attached hydrogen (secondary N) is 1.